The summed E-state index contributed by atoms with van der Waals surface area (Å²) in [5.74, 6) is 0.597. The van der Waals surface area contributed by atoms with E-state index in [1.807, 2.05) is 0 Å². The Morgan fingerprint density at radius 2 is 1.52 bits per heavy atom. The Morgan fingerprint density at radius 3 is 2.07 bits per heavy atom. The van der Waals surface area contributed by atoms with Gasteiger partial charge in [-0.1, -0.05) is 19.3 Å². The third kappa shape index (κ3) is 6.68. The van der Waals surface area contributed by atoms with Crippen molar-refractivity contribution in [3.63, 3.8) is 0 Å². The molecule has 2 fully saturated rings. The second-order valence-electron chi connectivity index (χ2n) is 7.88. The molecule has 0 atom stereocenters. The van der Waals surface area contributed by atoms with Gasteiger partial charge in [0, 0.05) is 60.4 Å². The van der Waals surface area contributed by atoms with E-state index in [1.165, 1.54) is 37.0 Å². The number of nitrogens with one attached hydrogen (secondary N) is 1. The first-order valence-electron chi connectivity index (χ1n) is 10.1. The number of likely N-dealkylation sites (N-methyl/N-ethyl adjacent to an activating group) is 2. The van der Waals surface area contributed by atoms with Crippen LogP contribution in [0, 0.1) is 0 Å². The highest BCUT2D eigenvalue weighted by molar-refractivity contribution is 5.88. The van der Waals surface area contributed by atoms with Crippen molar-refractivity contribution in [2.75, 3.05) is 67.5 Å². The average molecular weight is 381 g/mol. The highest BCUT2D eigenvalue weighted by atomic mass is 16.2. The van der Waals surface area contributed by atoms with E-state index >= 15 is 0 Å². The Bertz CT molecular complexity index is 520. The number of hydrogen-bond donors (Lipinski definition) is 1. The summed E-state index contributed by atoms with van der Waals surface area (Å²) < 4.78 is 0. The maximum absolute atomic E-state index is 11.9. The van der Waals surface area contributed by atoms with Crippen LogP contribution in [0.5, 0.6) is 0 Å². The molecule has 1 saturated carbocycles. The minimum absolute atomic E-state index is 0.0116. The van der Waals surface area contributed by atoms with Crippen LogP contribution in [0.4, 0.5) is 0 Å². The van der Waals surface area contributed by atoms with E-state index in [0.29, 0.717) is 5.96 Å². The molecule has 0 aromatic rings. The second kappa shape index (κ2) is 10.5. The quantitative estimate of drug-likeness (QED) is 0.539. The van der Waals surface area contributed by atoms with Crippen molar-refractivity contribution >= 4 is 17.8 Å². The molecule has 0 aromatic heterocycles. The minimum atomic E-state index is -0.0472. The largest absolute Gasteiger partial charge is 0.347 e. The van der Waals surface area contributed by atoms with Crippen LogP contribution in [-0.2, 0) is 9.59 Å². The topological polar surface area (TPSA) is 71.5 Å². The lowest BCUT2D eigenvalue weighted by Crippen LogP contribution is -2.56. The van der Waals surface area contributed by atoms with E-state index in [9.17, 15) is 9.59 Å². The average Bonchev–Trinajstić information content (AvgIpc) is 2.68. The molecule has 2 rings (SSSR count). The van der Waals surface area contributed by atoms with Gasteiger partial charge in [0.15, 0.2) is 5.96 Å². The van der Waals surface area contributed by atoms with Gasteiger partial charge in [0.05, 0.1) is 6.54 Å². The normalized spacial score (nSPS) is 19.7. The van der Waals surface area contributed by atoms with Crippen LogP contribution in [0.25, 0.3) is 0 Å². The SMILES string of the molecule is CN(C)C(=O)CN=C(NCC(=O)N(C)C)N1CCN(C2CCCCC2)CC1. The molecule has 27 heavy (non-hydrogen) atoms. The molecule has 0 radical (unpaired) electrons. The first kappa shape index (κ1) is 21.5. The number of nitrogens with zero attached hydrogens (tertiary/aromatic N) is 5. The van der Waals surface area contributed by atoms with E-state index in [4.69, 9.17) is 0 Å². The van der Waals surface area contributed by atoms with E-state index in [1.54, 1.807) is 33.1 Å². The van der Waals surface area contributed by atoms with Crippen LogP contribution < -0.4 is 5.32 Å². The third-order valence-electron chi connectivity index (χ3n) is 5.46. The molecular weight excluding hydrogens is 344 g/mol. The first-order valence-corrected chi connectivity index (χ1v) is 10.1. The van der Waals surface area contributed by atoms with Crippen molar-refractivity contribution in [1.29, 1.82) is 0 Å². The van der Waals surface area contributed by atoms with Crippen LogP contribution in [0.3, 0.4) is 0 Å². The van der Waals surface area contributed by atoms with Crippen molar-refractivity contribution in [1.82, 2.24) is 24.9 Å². The molecule has 8 heteroatoms. The number of hydrogen-bond acceptors (Lipinski definition) is 4. The highest BCUT2D eigenvalue weighted by Gasteiger charge is 2.26. The Labute approximate surface area is 163 Å². The van der Waals surface area contributed by atoms with Crippen LogP contribution >= 0.6 is 0 Å². The fourth-order valence-electron chi connectivity index (χ4n) is 3.61. The van der Waals surface area contributed by atoms with Crippen molar-refractivity contribution in [3.05, 3.63) is 0 Å². The van der Waals surface area contributed by atoms with Gasteiger partial charge in [0.1, 0.15) is 6.54 Å². The maximum atomic E-state index is 11.9. The fraction of sp³-hybridized carbons (Fsp3) is 0.842. The predicted octanol–water partition coefficient (Wildman–Crippen LogP) is 0.0587. The summed E-state index contributed by atoms with van der Waals surface area (Å²) in [6.07, 6.45) is 6.69. The number of piperazine rings is 1. The minimum Gasteiger partial charge on any atom is -0.347 e. The summed E-state index contributed by atoms with van der Waals surface area (Å²) in [5, 5.41) is 3.15. The van der Waals surface area contributed by atoms with Crippen LogP contribution in [-0.4, -0.2) is 111 Å². The molecule has 1 heterocycles. The third-order valence-corrected chi connectivity index (χ3v) is 5.46. The van der Waals surface area contributed by atoms with E-state index in [-0.39, 0.29) is 24.9 Å². The molecule has 154 valence electrons. The predicted molar refractivity (Wildman–Crippen MR) is 108 cm³/mol. The summed E-state index contributed by atoms with van der Waals surface area (Å²) in [4.78, 5) is 36.2. The summed E-state index contributed by atoms with van der Waals surface area (Å²) in [7, 11) is 6.92. The van der Waals surface area contributed by atoms with Gasteiger partial charge in [-0.2, -0.15) is 0 Å². The number of rotatable bonds is 5. The molecule has 0 aromatic carbocycles. The molecule has 1 saturated heterocycles. The molecule has 0 unspecified atom stereocenters. The smallest absolute Gasteiger partial charge is 0.243 e. The number of carbonyl (C=O) groups excluding carboxylic acids is 2. The summed E-state index contributed by atoms with van der Waals surface area (Å²) in [6, 6.07) is 0.722. The zero-order chi connectivity index (χ0) is 19.8. The van der Waals surface area contributed by atoms with Gasteiger partial charge < -0.3 is 20.0 Å². The van der Waals surface area contributed by atoms with Crippen LogP contribution in [0.2, 0.25) is 0 Å². The first-order chi connectivity index (χ1) is 12.9. The van der Waals surface area contributed by atoms with Crippen molar-refractivity contribution < 1.29 is 9.59 Å². The number of amides is 2. The molecule has 0 bridgehead atoms. The monoisotopic (exact) mass is 380 g/mol. The van der Waals surface area contributed by atoms with Gasteiger partial charge in [-0.05, 0) is 12.8 Å². The lowest BCUT2D eigenvalue weighted by molar-refractivity contribution is -0.127. The Morgan fingerprint density at radius 1 is 0.926 bits per heavy atom. The molecular formula is C19H36N6O2. The van der Waals surface area contributed by atoms with Gasteiger partial charge >= 0.3 is 0 Å². The standard InChI is InChI=1S/C19H36N6O2/c1-22(2)17(26)14-20-19(21-15-18(27)23(3)4)25-12-10-24(11-13-25)16-8-6-5-7-9-16/h16H,5-15H2,1-4H3,(H,20,21). The fourth-order valence-corrected chi connectivity index (χ4v) is 3.61. The molecule has 2 amide bonds. The Kier molecular flexibility index (Phi) is 8.34. The Hall–Kier alpha value is -1.83. The van der Waals surface area contributed by atoms with Gasteiger partial charge in [-0.15, -0.1) is 0 Å². The zero-order valence-corrected chi connectivity index (χ0v) is 17.4. The highest BCUT2D eigenvalue weighted by Crippen LogP contribution is 2.23. The second-order valence-corrected chi connectivity index (χ2v) is 7.88. The zero-order valence-electron chi connectivity index (χ0n) is 17.4. The Balaban J connectivity index is 1.94. The van der Waals surface area contributed by atoms with E-state index in [2.05, 4.69) is 20.1 Å². The summed E-state index contributed by atoms with van der Waals surface area (Å²) >= 11 is 0. The lowest BCUT2D eigenvalue weighted by Gasteiger charge is -2.41. The van der Waals surface area contributed by atoms with Crippen LogP contribution in [0.15, 0.2) is 4.99 Å². The van der Waals surface area contributed by atoms with E-state index in [0.717, 1.165) is 32.2 Å². The van der Waals surface area contributed by atoms with Crippen molar-refractivity contribution in [3.8, 4) is 0 Å². The molecule has 8 nitrogen and oxygen atoms in total. The molecule has 2 aliphatic rings. The number of carbonyl (C=O) groups is 2. The van der Waals surface area contributed by atoms with Gasteiger partial charge in [0.25, 0.3) is 0 Å². The molecule has 1 aliphatic carbocycles. The van der Waals surface area contributed by atoms with Crippen LogP contribution in [0.1, 0.15) is 32.1 Å². The van der Waals surface area contributed by atoms with E-state index < -0.39 is 0 Å². The molecule has 1 aliphatic heterocycles. The van der Waals surface area contributed by atoms with Crippen molar-refractivity contribution in [2.45, 2.75) is 38.1 Å². The van der Waals surface area contributed by atoms with Gasteiger partial charge in [0.2, 0.25) is 11.8 Å². The molecule has 1 N–H and O–H groups in total. The summed E-state index contributed by atoms with van der Waals surface area (Å²) in [6.45, 7) is 4.03. The maximum Gasteiger partial charge on any atom is 0.243 e. The number of aliphatic imine (C=N–C) groups is 1. The number of guanidine groups is 1. The molecule has 0 spiro atoms. The van der Waals surface area contributed by atoms with Gasteiger partial charge in [-0.25, -0.2) is 4.99 Å². The van der Waals surface area contributed by atoms with Crippen molar-refractivity contribution in [2.24, 2.45) is 4.99 Å². The lowest BCUT2D eigenvalue weighted by atomic mass is 9.94. The summed E-state index contributed by atoms with van der Waals surface area (Å²) in [5.41, 5.74) is 0. The van der Waals surface area contributed by atoms with Gasteiger partial charge in [-0.3, -0.25) is 14.5 Å².